The Hall–Kier alpha value is 2.50. The van der Waals surface area contributed by atoms with Crippen molar-refractivity contribution in [1.82, 2.24) is 0 Å². The molecule has 9 heteroatoms. The zero-order chi connectivity index (χ0) is 0. The van der Waals surface area contributed by atoms with Crippen LogP contribution in [0.3, 0.4) is 0 Å². The molecule has 0 N–H and O–H groups in total. The summed E-state index contributed by atoms with van der Waals surface area (Å²) in [5.74, 6) is 0. The summed E-state index contributed by atoms with van der Waals surface area (Å²) >= 11 is 0. The van der Waals surface area contributed by atoms with Crippen molar-refractivity contribution >= 4 is 46.1 Å². The van der Waals surface area contributed by atoms with Gasteiger partial charge in [0, 0.05) is 37.1 Å². The summed E-state index contributed by atoms with van der Waals surface area (Å²) in [5.41, 5.74) is 0. The van der Waals surface area contributed by atoms with Gasteiger partial charge in [0.1, 0.15) is 0 Å². The van der Waals surface area contributed by atoms with Gasteiger partial charge in [-0.05, 0) is 0 Å². The molecule has 0 fully saturated rings. The van der Waals surface area contributed by atoms with Gasteiger partial charge < -0.3 is 33.1 Å². The van der Waals surface area contributed by atoms with E-state index in [1.54, 1.807) is 0 Å². The normalized spacial score (nSPS) is 0. The van der Waals surface area contributed by atoms with Gasteiger partial charge in [-0.1, -0.05) is 0 Å². The number of hydrogen-bond donors (Lipinski definition) is 0. The Labute approximate surface area is 115 Å². The molecule has 0 aliphatic rings. The van der Waals surface area contributed by atoms with Gasteiger partial charge in [-0.25, -0.2) is 0 Å². The first-order valence-electron chi connectivity index (χ1n) is 0. The molecule has 0 aromatic carbocycles. The van der Waals surface area contributed by atoms with Gasteiger partial charge in [0.15, 0.2) is 0 Å². The molecule has 2 radical (unpaired) electrons. The van der Waals surface area contributed by atoms with E-state index >= 15 is 0 Å². The second-order valence-corrected chi connectivity index (χ2v) is 0. The van der Waals surface area contributed by atoms with Crippen LogP contribution in [0.5, 0.6) is 0 Å². The maximum atomic E-state index is 0. The van der Waals surface area contributed by atoms with E-state index in [1.807, 2.05) is 0 Å². The molecule has 0 aliphatic carbocycles. The Morgan fingerprint density at radius 1 is 0.444 bits per heavy atom. The summed E-state index contributed by atoms with van der Waals surface area (Å²) in [5, 5.41) is 0. The van der Waals surface area contributed by atoms with Crippen molar-refractivity contribution in [1.29, 1.82) is 0 Å². The van der Waals surface area contributed by atoms with Gasteiger partial charge in [0.2, 0.25) is 0 Å². The summed E-state index contributed by atoms with van der Waals surface area (Å²) in [6, 6.07) is 0. The molecule has 0 bridgehead atoms. The second-order valence-electron chi connectivity index (χ2n) is 0. The van der Waals surface area contributed by atoms with E-state index in [9.17, 15) is 0 Å². The van der Waals surface area contributed by atoms with Crippen molar-refractivity contribution in [3.05, 3.63) is 0 Å². The largest absolute Gasteiger partial charge is 2.00 e. The minimum atomic E-state index is 0. The van der Waals surface area contributed by atoms with Crippen LogP contribution < -0.4 is 0 Å². The molecule has 0 atom stereocenters. The quantitative estimate of drug-likeness (QED) is 0.478. The molecule has 0 saturated carbocycles. The van der Waals surface area contributed by atoms with Crippen LogP contribution in [-0.4, -0.2) is 46.1 Å². The molecule has 0 aromatic heterocycles. The molecule has 9 heavy (non-hydrogen) atoms. The van der Waals surface area contributed by atoms with Crippen LogP contribution in [0.15, 0.2) is 0 Å². The Bertz CT molecular complexity index is 24.5. The third-order valence-electron chi connectivity index (χ3n) is 0. The van der Waals surface area contributed by atoms with E-state index in [0.29, 0.717) is 0 Å². The fraction of sp³-hybridized carbons (Fsp3) is 0. The molecule has 58 valence electrons. The van der Waals surface area contributed by atoms with Crippen LogP contribution in [0.1, 0.15) is 5.71 Å². The van der Waals surface area contributed by atoms with Crippen molar-refractivity contribution in [2.45, 2.75) is 0 Å². The van der Waals surface area contributed by atoms with Crippen LogP contribution in [0.2, 0.25) is 0 Å². The molecule has 5 nitrogen and oxygen atoms in total. The first-order chi connectivity index (χ1) is 0. The van der Waals surface area contributed by atoms with Crippen LogP contribution in [0, 0.1) is 0 Å². The van der Waals surface area contributed by atoms with Gasteiger partial charge in [0.25, 0.3) is 0 Å². The molecule has 0 rings (SSSR count). The fourth-order valence-electron chi connectivity index (χ4n) is 0. The summed E-state index contributed by atoms with van der Waals surface area (Å²) in [6.07, 6.45) is 0. The molecular weight excluding hydrogens is 230 g/mol. The van der Waals surface area contributed by atoms with Crippen LogP contribution in [0.4, 0.5) is 0 Å². The van der Waals surface area contributed by atoms with Crippen LogP contribution >= 0.6 is 0 Å². The van der Waals surface area contributed by atoms with Crippen LogP contribution in [-0.2, 0) is 64.5 Å². The van der Waals surface area contributed by atoms with Crippen molar-refractivity contribution in [3.63, 3.8) is 0 Å². The Kier molecular flexibility index (Phi) is 3410. The predicted octanol–water partition coefficient (Wildman–Crippen LogP) is -0.911. The maximum Gasteiger partial charge on any atom is 2.00 e. The average molecular weight is 235 g/mol. The summed E-state index contributed by atoms with van der Waals surface area (Å²) in [7, 11) is 0. The van der Waals surface area contributed by atoms with E-state index in [-0.39, 0.29) is 116 Å². The molecule has 0 spiro atoms. The number of hydrogen-bond acceptors (Lipinski definition) is 0. The molecule has 0 unspecified atom stereocenters. The predicted molar refractivity (Wildman–Crippen MR) is 19.4 cm³/mol. The third kappa shape index (κ3) is 121. The summed E-state index contributed by atoms with van der Waals surface area (Å²) in [4.78, 5) is 0. The van der Waals surface area contributed by atoms with Crippen LogP contribution in [0.25, 0.3) is 0 Å². The van der Waals surface area contributed by atoms with Crippen molar-refractivity contribution in [2.75, 3.05) is 0 Å². The van der Waals surface area contributed by atoms with Crippen molar-refractivity contribution < 1.29 is 70.2 Å². The molecule has 0 saturated heterocycles. The third-order valence-corrected chi connectivity index (χ3v) is 0. The van der Waals surface area contributed by atoms with E-state index in [1.165, 1.54) is 0 Å². The monoisotopic (exact) mass is 234 g/mol. The van der Waals surface area contributed by atoms with Gasteiger partial charge in [-0.15, -0.1) is 0 Å². The molecular formula is H4Mg2O5V2-10. The molecule has 0 amide bonds. The van der Waals surface area contributed by atoms with Crippen molar-refractivity contribution in [3.8, 4) is 0 Å². The molecule has 0 aliphatic heterocycles. The van der Waals surface area contributed by atoms with E-state index in [0.717, 1.165) is 0 Å². The van der Waals surface area contributed by atoms with Gasteiger partial charge >= 0.3 is 46.1 Å². The smallest absolute Gasteiger partial charge is 2.00 e. The Morgan fingerprint density at radius 3 is 0.444 bits per heavy atom. The second kappa shape index (κ2) is 152. The van der Waals surface area contributed by atoms with E-state index < -0.39 is 0 Å². The average Bonchev–Trinajstić information content (AvgIpc) is 0. The van der Waals surface area contributed by atoms with Gasteiger partial charge in [-0.3, -0.25) is 0 Å². The van der Waals surface area contributed by atoms with Gasteiger partial charge in [0.05, 0.1) is 0 Å². The molecule has 0 heterocycles. The zero-order valence-electron chi connectivity index (χ0n) is 8.35. The summed E-state index contributed by atoms with van der Waals surface area (Å²) < 4.78 is 0. The maximum absolute atomic E-state index is 0. The first kappa shape index (κ1) is 203. The van der Waals surface area contributed by atoms with E-state index in [2.05, 4.69) is 0 Å². The minimum absolute atomic E-state index is 0. The summed E-state index contributed by atoms with van der Waals surface area (Å²) in [6.45, 7) is 0. The van der Waals surface area contributed by atoms with Crippen molar-refractivity contribution in [2.24, 2.45) is 0 Å². The SMILES string of the molecule is [H-].[H-].[H-].[H-].[Mg+2].[Mg+2].[O-2].[O-2].[O-2].[O-2].[O-2].[V].[V]. The first-order valence-corrected chi connectivity index (χ1v) is 0. The minimum Gasteiger partial charge on any atom is -2.00 e. The molecule has 0 aromatic rings. The Balaban J connectivity index is 0. The fourth-order valence-corrected chi connectivity index (χ4v) is 0. The Morgan fingerprint density at radius 2 is 0.444 bits per heavy atom. The zero-order valence-corrected chi connectivity index (χ0v) is 9.97. The van der Waals surface area contributed by atoms with Gasteiger partial charge in [-0.2, -0.15) is 0 Å². The van der Waals surface area contributed by atoms with E-state index in [4.69, 9.17) is 0 Å². The standard InChI is InChI=1S/2Mg.5O.2V.4H/q2*+2;5*-2;;;4*-1. The topological polar surface area (TPSA) is 142 Å². The number of rotatable bonds is 0.